The third-order valence-corrected chi connectivity index (χ3v) is 4.11. The summed E-state index contributed by atoms with van der Waals surface area (Å²) in [6.45, 7) is 9.17. The number of aryl methyl sites for hydroxylation is 1. The lowest BCUT2D eigenvalue weighted by Crippen LogP contribution is -2.63. The van der Waals surface area contributed by atoms with Crippen LogP contribution in [-0.2, 0) is 11.3 Å². The Morgan fingerprint density at radius 3 is 2.90 bits per heavy atom. The van der Waals surface area contributed by atoms with Gasteiger partial charge in [-0.2, -0.15) is 0 Å². The minimum absolute atomic E-state index is 0.0289. The first-order chi connectivity index (χ1) is 9.93. The topological polar surface area (TPSA) is 76.1 Å². The number of urea groups is 1. The molecule has 6 nitrogen and oxygen atoms in total. The standard InChI is InChI=1S/C15H24N4O2/c1-5-21-13-8-12(15(13,3)4)19-14(20)17-9-11-6-7-16-10(2)18-11/h6-7,12-13H,5,8-9H2,1-4H3,(H2,17,19,20). The smallest absolute Gasteiger partial charge is 0.315 e. The van der Waals surface area contributed by atoms with Crippen LogP contribution in [0.2, 0.25) is 0 Å². The van der Waals surface area contributed by atoms with Crippen molar-refractivity contribution in [2.24, 2.45) is 5.41 Å². The Morgan fingerprint density at radius 1 is 1.52 bits per heavy atom. The molecule has 1 aromatic heterocycles. The molecule has 1 saturated carbocycles. The van der Waals surface area contributed by atoms with E-state index in [0.717, 1.165) is 12.1 Å². The van der Waals surface area contributed by atoms with Crippen LogP contribution in [0.1, 0.15) is 38.7 Å². The number of hydrogen-bond donors (Lipinski definition) is 2. The summed E-state index contributed by atoms with van der Waals surface area (Å²) in [6, 6.07) is 1.77. The summed E-state index contributed by atoms with van der Waals surface area (Å²) in [4.78, 5) is 20.2. The monoisotopic (exact) mass is 292 g/mol. The van der Waals surface area contributed by atoms with Gasteiger partial charge in [-0.15, -0.1) is 0 Å². The maximum Gasteiger partial charge on any atom is 0.315 e. The molecular weight excluding hydrogens is 268 g/mol. The third kappa shape index (κ3) is 3.69. The highest BCUT2D eigenvalue weighted by Gasteiger charge is 2.49. The fourth-order valence-electron chi connectivity index (χ4n) is 2.60. The molecule has 6 heteroatoms. The van der Waals surface area contributed by atoms with E-state index in [-0.39, 0.29) is 23.6 Å². The van der Waals surface area contributed by atoms with Gasteiger partial charge in [-0.05, 0) is 26.3 Å². The molecule has 0 aromatic carbocycles. The van der Waals surface area contributed by atoms with E-state index >= 15 is 0 Å². The average molecular weight is 292 g/mol. The van der Waals surface area contributed by atoms with Crippen molar-refractivity contribution in [2.75, 3.05) is 6.61 Å². The van der Waals surface area contributed by atoms with Crippen molar-refractivity contribution in [3.63, 3.8) is 0 Å². The lowest BCUT2D eigenvalue weighted by molar-refractivity contribution is -0.110. The second-order valence-electron chi connectivity index (χ2n) is 5.98. The molecule has 0 spiro atoms. The summed E-state index contributed by atoms with van der Waals surface area (Å²) in [5, 5.41) is 5.84. The average Bonchev–Trinajstić information content (AvgIpc) is 2.44. The zero-order chi connectivity index (χ0) is 15.5. The summed E-state index contributed by atoms with van der Waals surface area (Å²) < 4.78 is 5.66. The number of hydrogen-bond acceptors (Lipinski definition) is 4. The molecule has 0 aliphatic heterocycles. The summed E-state index contributed by atoms with van der Waals surface area (Å²) in [6.07, 6.45) is 2.78. The van der Waals surface area contributed by atoms with Crippen LogP contribution in [0, 0.1) is 12.3 Å². The largest absolute Gasteiger partial charge is 0.378 e. The van der Waals surface area contributed by atoms with Crippen LogP contribution < -0.4 is 10.6 Å². The number of amides is 2. The lowest BCUT2D eigenvalue weighted by atomic mass is 9.64. The minimum atomic E-state index is -0.167. The lowest BCUT2D eigenvalue weighted by Gasteiger charge is -2.51. The van der Waals surface area contributed by atoms with E-state index in [9.17, 15) is 4.79 Å². The molecule has 1 fully saturated rings. The fourth-order valence-corrected chi connectivity index (χ4v) is 2.60. The number of ether oxygens (including phenoxy) is 1. The normalized spacial score (nSPS) is 23.2. The molecule has 2 rings (SSSR count). The van der Waals surface area contributed by atoms with Gasteiger partial charge in [-0.25, -0.2) is 14.8 Å². The van der Waals surface area contributed by atoms with Crippen molar-refractivity contribution >= 4 is 6.03 Å². The van der Waals surface area contributed by atoms with E-state index in [2.05, 4.69) is 34.4 Å². The zero-order valence-electron chi connectivity index (χ0n) is 13.1. The predicted octanol–water partition coefficient (Wildman–Crippen LogP) is 1.79. The zero-order valence-corrected chi connectivity index (χ0v) is 13.1. The molecule has 21 heavy (non-hydrogen) atoms. The Bertz CT molecular complexity index is 504. The van der Waals surface area contributed by atoms with E-state index in [1.54, 1.807) is 12.3 Å². The SMILES string of the molecule is CCOC1CC(NC(=O)NCc2ccnc(C)n2)C1(C)C. The van der Waals surface area contributed by atoms with Gasteiger partial charge in [-0.3, -0.25) is 0 Å². The van der Waals surface area contributed by atoms with Crippen molar-refractivity contribution in [1.29, 1.82) is 0 Å². The molecule has 0 saturated heterocycles. The van der Waals surface area contributed by atoms with Gasteiger partial charge in [0.25, 0.3) is 0 Å². The Hall–Kier alpha value is -1.69. The van der Waals surface area contributed by atoms with Gasteiger partial charge in [-0.1, -0.05) is 13.8 Å². The van der Waals surface area contributed by atoms with Gasteiger partial charge in [0.1, 0.15) is 5.82 Å². The number of aromatic nitrogens is 2. The summed E-state index contributed by atoms with van der Waals surface area (Å²) >= 11 is 0. The molecule has 2 N–H and O–H groups in total. The maximum atomic E-state index is 12.0. The van der Waals surface area contributed by atoms with Gasteiger partial charge >= 0.3 is 6.03 Å². The van der Waals surface area contributed by atoms with Crippen molar-refractivity contribution in [3.8, 4) is 0 Å². The molecule has 1 aromatic rings. The molecule has 1 heterocycles. The van der Waals surface area contributed by atoms with Gasteiger partial charge < -0.3 is 15.4 Å². The molecule has 1 aliphatic rings. The fraction of sp³-hybridized carbons (Fsp3) is 0.667. The first kappa shape index (κ1) is 15.7. The molecule has 2 unspecified atom stereocenters. The summed E-state index contributed by atoms with van der Waals surface area (Å²) in [5.74, 6) is 0.703. The van der Waals surface area contributed by atoms with Crippen LogP contribution in [0.3, 0.4) is 0 Å². The molecule has 2 atom stereocenters. The Kier molecular flexibility index (Phi) is 4.77. The van der Waals surface area contributed by atoms with E-state index < -0.39 is 0 Å². The van der Waals surface area contributed by atoms with E-state index in [0.29, 0.717) is 19.0 Å². The molecule has 2 amide bonds. The number of nitrogens with zero attached hydrogens (tertiary/aromatic N) is 2. The number of nitrogens with one attached hydrogen (secondary N) is 2. The molecule has 0 radical (unpaired) electrons. The second kappa shape index (κ2) is 6.39. The Balaban J connectivity index is 1.78. The third-order valence-electron chi connectivity index (χ3n) is 4.11. The van der Waals surface area contributed by atoms with Crippen LogP contribution in [0.5, 0.6) is 0 Å². The second-order valence-corrected chi connectivity index (χ2v) is 5.98. The van der Waals surface area contributed by atoms with Crippen LogP contribution >= 0.6 is 0 Å². The first-order valence-electron chi connectivity index (χ1n) is 7.38. The van der Waals surface area contributed by atoms with E-state index in [1.807, 2.05) is 13.8 Å². The van der Waals surface area contributed by atoms with Crippen LogP contribution in [0.4, 0.5) is 4.79 Å². The van der Waals surface area contributed by atoms with Crippen molar-refractivity contribution < 1.29 is 9.53 Å². The van der Waals surface area contributed by atoms with E-state index in [4.69, 9.17) is 4.74 Å². The summed E-state index contributed by atoms with van der Waals surface area (Å²) in [5.41, 5.74) is 0.775. The van der Waals surface area contributed by atoms with Gasteiger partial charge in [0.15, 0.2) is 0 Å². The Labute approximate surface area is 125 Å². The predicted molar refractivity (Wildman–Crippen MR) is 79.7 cm³/mol. The highest BCUT2D eigenvalue weighted by molar-refractivity contribution is 5.74. The van der Waals surface area contributed by atoms with E-state index in [1.165, 1.54) is 0 Å². The number of carbonyl (C=O) groups excluding carboxylic acids is 1. The molecule has 0 bridgehead atoms. The molecule has 1 aliphatic carbocycles. The van der Waals surface area contributed by atoms with Crippen LogP contribution in [0.25, 0.3) is 0 Å². The van der Waals surface area contributed by atoms with Crippen molar-refractivity contribution in [3.05, 3.63) is 23.8 Å². The van der Waals surface area contributed by atoms with Gasteiger partial charge in [0.05, 0.1) is 18.3 Å². The van der Waals surface area contributed by atoms with Crippen LogP contribution in [-0.4, -0.2) is 34.8 Å². The highest BCUT2D eigenvalue weighted by atomic mass is 16.5. The quantitative estimate of drug-likeness (QED) is 0.867. The Morgan fingerprint density at radius 2 is 2.29 bits per heavy atom. The van der Waals surface area contributed by atoms with Crippen molar-refractivity contribution in [2.45, 2.75) is 52.8 Å². The maximum absolute atomic E-state index is 12.0. The highest BCUT2D eigenvalue weighted by Crippen LogP contribution is 2.42. The minimum Gasteiger partial charge on any atom is -0.378 e. The number of rotatable bonds is 5. The molecular formula is C15H24N4O2. The van der Waals surface area contributed by atoms with Gasteiger partial charge in [0.2, 0.25) is 0 Å². The summed E-state index contributed by atoms with van der Waals surface area (Å²) in [7, 11) is 0. The van der Waals surface area contributed by atoms with Crippen molar-refractivity contribution in [1.82, 2.24) is 20.6 Å². The van der Waals surface area contributed by atoms with Gasteiger partial charge in [0, 0.05) is 24.3 Å². The molecule has 116 valence electrons. The first-order valence-corrected chi connectivity index (χ1v) is 7.38. The number of carbonyl (C=O) groups is 1. The van der Waals surface area contributed by atoms with Crippen LogP contribution in [0.15, 0.2) is 12.3 Å².